The molecule has 23 heavy (non-hydrogen) atoms. The van der Waals surface area contributed by atoms with Crippen molar-refractivity contribution >= 4 is 17.8 Å². The van der Waals surface area contributed by atoms with E-state index in [0.29, 0.717) is 11.8 Å². The fourth-order valence-electron chi connectivity index (χ4n) is 3.98. The van der Waals surface area contributed by atoms with Crippen molar-refractivity contribution in [2.75, 3.05) is 6.54 Å². The smallest absolute Gasteiger partial charge is 0.325 e. The molecule has 1 heterocycles. The Bertz CT molecular complexity index is 531. The predicted octanol–water partition coefficient (Wildman–Crippen LogP) is 1.65. The first kappa shape index (κ1) is 16.3. The van der Waals surface area contributed by atoms with E-state index in [0.717, 1.165) is 30.6 Å². The molecule has 3 rings (SSSR count). The van der Waals surface area contributed by atoms with E-state index in [1.54, 1.807) is 6.92 Å². The van der Waals surface area contributed by atoms with Gasteiger partial charge in [-0.05, 0) is 43.9 Å². The molecule has 6 nitrogen and oxygen atoms in total. The van der Waals surface area contributed by atoms with Crippen LogP contribution in [0.5, 0.6) is 0 Å². The first-order valence-electron chi connectivity index (χ1n) is 8.76. The van der Waals surface area contributed by atoms with Crippen LogP contribution in [0.2, 0.25) is 0 Å². The zero-order valence-corrected chi connectivity index (χ0v) is 14.2. The molecule has 0 aromatic heterocycles. The lowest BCUT2D eigenvalue weighted by atomic mass is 9.78. The summed E-state index contributed by atoms with van der Waals surface area (Å²) in [6, 6.07) is -0.300. The van der Waals surface area contributed by atoms with Crippen molar-refractivity contribution in [1.29, 1.82) is 0 Å². The van der Waals surface area contributed by atoms with Gasteiger partial charge in [0.1, 0.15) is 12.1 Å². The number of hydrogen-bond acceptors (Lipinski definition) is 3. The first-order valence-corrected chi connectivity index (χ1v) is 8.76. The van der Waals surface area contributed by atoms with E-state index in [9.17, 15) is 14.4 Å². The van der Waals surface area contributed by atoms with Gasteiger partial charge in [0.15, 0.2) is 0 Å². The van der Waals surface area contributed by atoms with Crippen LogP contribution in [0, 0.1) is 17.8 Å². The van der Waals surface area contributed by atoms with Gasteiger partial charge in [0.05, 0.1) is 0 Å². The van der Waals surface area contributed by atoms with Crippen LogP contribution in [0.4, 0.5) is 4.79 Å². The van der Waals surface area contributed by atoms with Gasteiger partial charge in [0.25, 0.3) is 5.91 Å². The average molecular weight is 321 g/mol. The fraction of sp³-hybridized carbons (Fsp3) is 0.824. The highest BCUT2D eigenvalue weighted by Crippen LogP contribution is 2.42. The summed E-state index contributed by atoms with van der Waals surface area (Å²) in [7, 11) is 0. The van der Waals surface area contributed by atoms with Gasteiger partial charge >= 0.3 is 6.03 Å². The second-order valence-corrected chi connectivity index (χ2v) is 7.74. The molecule has 0 bridgehead atoms. The van der Waals surface area contributed by atoms with Crippen molar-refractivity contribution in [2.24, 2.45) is 17.8 Å². The minimum absolute atomic E-state index is 0.141. The monoisotopic (exact) mass is 321 g/mol. The van der Waals surface area contributed by atoms with E-state index < -0.39 is 11.6 Å². The third-order valence-electron chi connectivity index (χ3n) is 6.05. The Balaban J connectivity index is 1.59. The Labute approximate surface area is 137 Å². The molecule has 4 amide bonds. The van der Waals surface area contributed by atoms with E-state index in [1.807, 2.05) is 0 Å². The zero-order chi connectivity index (χ0) is 16.8. The van der Waals surface area contributed by atoms with Crippen molar-refractivity contribution in [3.05, 3.63) is 0 Å². The van der Waals surface area contributed by atoms with Crippen molar-refractivity contribution < 1.29 is 14.4 Å². The van der Waals surface area contributed by atoms with Crippen LogP contribution in [0.15, 0.2) is 0 Å². The topological polar surface area (TPSA) is 78.5 Å². The Kier molecular flexibility index (Phi) is 4.10. The minimum Gasteiger partial charge on any atom is -0.352 e. The summed E-state index contributed by atoms with van der Waals surface area (Å²) in [5, 5.41) is 5.80. The molecular formula is C17H27N3O3. The molecule has 0 aromatic carbocycles. The molecule has 2 saturated carbocycles. The van der Waals surface area contributed by atoms with Crippen molar-refractivity contribution in [2.45, 2.75) is 64.5 Å². The van der Waals surface area contributed by atoms with E-state index in [4.69, 9.17) is 0 Å². The largest absolute Gasteiger partial charge is 0.352 e. The molecule has 2 N–H and O–H groups in total. The second kappa shape index (κ2) is 5.80. The summed E-state index contributed by atoms with van der Waals surface area (Å²) in [5.41, 5.74) is -0.815. The maximum Gasteiger partial charge on any atom is 0.325 e. The van der Waals surface area contributed by atoms with E-state index in [-0.39, 0.29) is 30.3 Å². The lowest BCUT2D eigenvalue weighted by Crippen LogP contribution is -2.49. The molecule has 0 radical (unpaired) electrons. The van der Waals surface area contributed by atoms with E-state index in [1.165, 1.54) is 6.42 Å². The number of nitrogens with zero attached hydrogens (tertiary/aromatic N) is 1. The van der Waals surface area contributed by atoms with Gasteiger partial charge in [-0.15, -0.1) is 0 Å². The molecule has 1 aliphatic heterocycles. The fourth-order valence-corrected chi connectivity index (χ4v) is 3.98. The summed E-state index contributed by atoms with van der Waals surface area (Å²) in [6.45, 7) is 5.96. The Morgan fingerprint density at radius 3 is 2.61 bits per heavy atom. The summed E-state index contributed by atoms with van der Waals surface area (Å²) in [6.07, 6.45) is 5.19. The Morgan fingerprint density at radius 1 is 1.26 bits per heavy atom. The van der Waals surface area contributed by atoms with Crippen LogP contribution in [0.25, 0.3) is 0 Å². The van der Waals surface area contributed by atoms with Crippen LogP contribution in [-0.2, 0) is 9.59 Å². The molecule has 4 atom stereocenters. The predicted molar refractivity (Wildman–Crippen MR) is 85.5 cm³/mol. The maximum atomic E-state index is 12.5. The normalized spacial score (nSPS) is 37.7. The summed E-state index contributed by atoms with van der Waals surface area (Å²) in [5.74, 6) is 0.729. The van der Waals surface area contributed by atoms with Gasteiger partial charge in [-0.3, -0.25) is 14.5 Å². The number of amides is 4. The van der Waals surface area contributed by atoms with Gasteiger partial charge in [-0.2, -0.15) is 0 Å². The molecule has 0 aromatic rings. The average Bonchev–Trinajstić information content (AvgIpc) is 3.30. The van der Waals surface area contributed by atoms with Gasteiger partial charge in [-0.1, -0.05) is 26.7 Å². The quantitative estimate of drug-likeness (QED) is 0.773. The standard InChI is InChI=1S/C17H27N3O3/c1-10-5-4-6-13(11(10)2)18-14(21)9-20-15(22)17(3,12-7-8-12)19-16(20)23/h10-13H,4-9H2,1-3H3,(H,18,21)(H,19,23)/t10-,11-,13+,17+/m1/s1. The van der Waals surface area contributed by atoms with Crippen LogP contribution in [0.1, 0.15) is 52.9 Å². The molecule has 128 valence electrons. The Morgan fingerprint density at radius 2 is 1.96 bits per heavy atom. The number of carbonyl (C=O) groups is 3. The molecule has 1 saturated heterocycles. The highest BCUT2D eigenvalue weighted by atomic mass is 16.2. The second-order valence-electron chi connectivity index (χ2n) is 7.74. The third kappa shape index (κ3) is 2.95. The lowest BCUT2D eigenvalue weighted by molar-refractivity contribution is -0.135. The molecule has 3 aliphatic rings. The summed E-state index contributed by atoms with van der Waals surface area (Å²) >= 11 is 0. The number of urea groups is 1. The number of imide groups is 1. The van der Waals surface area contributed by atoms with Gasteiger partial charge in [-0.25, -0.2) is 4.79 Å². The van der Waals surface area contributed by atoms with E-state index >= 15 is 0 Å². The molecule has 2 aliphatic carbocycles. The van der Waals surface area contributed by atoms with Gasteiger partial charge < -0.3 is 10.6 Å². The zero-order valence-electron chi connectivity index (χ0n) is 14.2. The summed E-state index contributed by atoms with van der Waals surface area (Å²) < 4.78 is 0. The molecule has 0 unspecified atom stereocenters. The van der Waals surface area contributed by atoms with Gasteiger partial charge in [0.2, 0.25) is 5.91 Å². The molecule has 3 fully saturated rings. The van der Waals surface area contributed by atoms with Crippen molar-refractivity contribution in [3.63, 3.8) is 0 Å². The SMILES string of the molecule is C[C@@H]1[C@H](C)CCC[C@@H]1NC(=O)CN1C(=O)N[C@@](C)(C2CC2)C1=O. The summed E-state index contributed by atoms with van der Waals surface area (Å²) in [4.78, 5) is 38.0. The molecule has 6 heteroatoms. The third-order valence-corrected chi connectivity index (χ3v) is 6.05. The van der Waals surface area contributed by atoms with Crippen molar-refractivity contribution in [1.82, 2.24) is 15.5 Å². The van der Waals surface area contributed by atoms with E-state index in [2.05, 4.69) is 24.5 Å². The van der Waals surface area contributed by atoms with Crippen molar-refractivity contribution in [3.8, 4) is 0 Å². The first-order chi connectivity index (χ1) is 10.8. The highest BCUT2D eigenvalue weighted by Gasteiger charge is 2.56. The number of rotatable bonds is 4. The molecule has 0 spiro atoms. The van der Waals surface area contributed by atoms with Crippen LogP contribution >= 0.6 is 0 Å². The highest BCUT2D eigenvalue weighted by molar-refractivity contribution is 6.09. The maximum absolute atomic E-state index is 12.5. The molecular weight excluding hydrogens is 294 g/mol. The Hall–Kier alpha value is -1.59. The number of nitrogens with one attached hydrogen (secondary N) is 2. The van der Waals surface area contributed by atoms with Crippen LogP contribution in [0.3, 0.4) is 0 Å². The lowest BCUT2D eigenvalue weighted by Gasteiger charge is -2.34. The van der Waals surface area contributed by atoms with Crippen LogP contribution < -0.4 is 10.6 Å². The number of hydrogen-bond donors (Lipinski definition) is 2. The minimum atomic E-state index is -0.815. The van der Waals surface area contributed by atoms with Gasteiger partial charge in [0, 0.05) is 6.04 Å². The van der Waals surface area contributed by atoms with Crippen LogP contribution in [-0.4, -0.2) is 40.9 Å². The number of carbonyl (C=O) groups excluding carboxylic acids is 3.